The Hall–Kier alpha value is -3.32. The van der Waals surface area contributed by atoms with Gasteiger partial charge >= 0.3 is 5.69 Å². The molecule has 0 N–H and O–H groups in total. The van der Waals surface area contributed by atoms with Crippen molar-refractivity contribution in [2.75, 3.05) is 0 Å². The summed E-state index contributed by atoms with van der Waals surface area (Å²) in [6, 6.07) is 16.0. The highest BCUT2D eigenvalue weighted by Crippen LogP contribution is 2.38. The lowest BCUT2D eigenvalue weighted by molar-refractivity contribution is 0.626. The van der Waals surface area contributed by atoms with Gasteiger partial charge in [0, 0.05) is 10.4 Å². The highest BCUT2D eigenvalue weighted by molar-refractivity contribution is 7.19. The number of thiophene rings is 1. The van der Waals surface area contributed by atoms with Gasteiger partial charge in [-0.3, -0.25) is 4.57 Å². The molecule has 0 atom stereocenters. The molecule has 0 saturated carbocycles. The first-order valence-electron chi connectivity index (χ1n) is 9.93. The quantitative estimate of drug-likeness (QED) is 0.437. The number of aromatic nitrogens is 4. The van der Waals surface area contributed by atoms with Gasteiger partial charge in [-0.15, -0.1) is 16.4 Å². The second kappa shape index (κ2) is 6.60. The van der Waals surface area contributed by atoms with Crippen LogP contribution in [0.25, 0.3) is 27.3 Å². The van der Waals surface area contributed by atoms with E-state index in [9.17, 15) is 9.18 Å². The Balaban J connectivity index is 1.64. The van der Waals surface area contributed by atoms with Crippen LogP contribution in [-0.2, 0) is 19.4 Å². The van der Waals surface area contributed by atoms with E-state index in [0.717, 1.165) is 40.6 Å². The van der Waals surface area contributed by atoms with Gasteiger partial charge in [-0.25, -0.2) is 14.2 Å². The van der Waals surface area contributed by atoms with Gasteiger partial charge in [0.15, 0.2) is 11.5 Å². The lowest BCUT2D eigenvalue weighted by Crippen LogP contribution is -2.28. The van der Waals surface area contributed by atoms with E-state index in [2.05, 4.69) is 5.10 Å². The first-order valence-corrected chi connectivity index (χ1v) is 10.7. The minimum Gasteiger partial charge on any atom is -0.278 e. The molecule has 7 heteroatoms. The van der Waals surface area contributed by atoms with Gasteiger partial charge in [-0.1, -0.05) is 42.5 Å². The van der Waals surface area contributed by atoms with Crippen molar-refractivity contribution in [1.29, 1.82) is 0 Å². The van der Waals surface area contributed by atoms with E-state index < -0.39 is 0 Å². The third-order valence-corrected chi connectivity index (χ3v) is 6.99. The van der Waals surface area contributed by atoms with Crippen molar-refractivity contribution in [3.05, 3.63) is 86.9 Å². The van der Waals surface area contributed by atoms with Gasteiger partial charge < -0.3 is 0 Å². The SMILES string of the molecule is O=c1n(Cc2ccc(F)cc2)c2sc3c(c2c2nc(-c4ccccc4)nn12)CCC3. The van der Waals surface area contributed by atoms with Crippen LogP contribution in [0.15, 0.2) is 59.4 Å². The molecule has 1 aliphatic carbocycles. The number of nitrogens with zero attached hydrogens (tertiary/aromatic N) is 4. The average molecular weight is 416 g/mol. The van der Waals surface area contributed by atoms with Crippen LogP contribution in [0.1, 0.15) is 22.4 Å². The van der Waals surface area contributed by atoms with E-state index >= 15 is 0 Å². The molecule has 0 bridgehead atoms. The summed E-state index contributed by atoms with van der Waals surface area (Å²) in [5.41, 5.74) is 3.45. The Kier molecular flexibility index (Phi) is 3.86. The van der Waals surface area contributed by atoms with Crippen LogP contribution in [0.2, 0.25) is 0 Å². The van der Waals surface area contributed by atoms with E-state index in [0.29, 0.717) is 18.0 Å². The molecule has 2 aromatic carbocycles. The van der Waals surface area contributed by atoms with Crippen LogP contribution in [0, 0.1) is 5.82 Å². The molecule has 1 aliphatic rings. The van der Waals surface area contributed by atoms with Crippen molar-refractivity contribution in [2.24, 2.45) is 0 Å². The molecule has 0 aliphatic heterocycles. The first kappa shape index (κ1) is 17.5. The fourth-order valence-electron chi connectivity index (χ4n) is 4.24. The van der Waals surface area contributed by atoms with E-state index in [1.54, 1.807) is 28.0 Å². The summed E-state index contributed by atoms with van der Waals surface area (Å²) >= 11 is 1.68. The molecule has 0 unspecified atom stereocenters. The van der Waals surface area contributed by atoms with E-state index in [-0.39, 0.29) is 11.5 Å². The van der Waals surface area contributed by atoms with Gasteiger partial charge in [-0.05, 0) is 42.5 Å². The molecule has 0 spiro atoms. The van der Waals surface area contributed by atoms with Crippen LogP contribution in [0.3, 0.4) is 0 Å². The lowest BCUT2D eigenvalue weighted by atomic mass is 10.2. The van der Waals surface area contributed by atoms with Crippen molar-refractivity contribution in [3.63, 3.8) is 0 Å². The predicted octanol–water partition coefficient (Wildman–Crippen LogP) is 4.45. The van der Waals surface area contributed by atoms with Crippen LogP contribution in [0.5, 0.6) is 0 Å². The third kappa shape index (κ3) is 2.62. The van der Waals surface area contributed by atoms with Crippen molar-refractivity contribution < 1.29 is 4.39 Å². The molecule has 6 rings (SSSR count). The maximum atomic E-state index is 13.4. The molecule has 0 saturated heterocycles. The summed E-state index contributed by atoms with van der Waals surface area (Å²) in [5.74, 6) is 0.261. The van der Waals surface area contributed by atoms with Gasteiger partial charge in [0.1, 0.15) is 10.6 Å². The minimum absolute atomic E-state index is 0.226. The molecule has 3 aromatic heterocycles. The molecular weight excluding hydrogens is 399 g/mol. The second-order valence-electron chi connectivity index (χ2n) is 7.57. The van der Waals surface area contributed by atoms with E-state index in [4.69, 9.17) is 4.98 Å². The number of hydrogen-bond donors (Lipinski definition) is 0. The number of hydrogen-bond acceptors (Lipinski definition) is 4. The summed E-state index contributed by atoms with van der Waals surface area (Å²) < 4.78 is 16.5. The molecule has 0 amide bonds. The third-order valence-electron chi connectivity index (χ3n) is 5.68. The number of halogens is 1. The largest absolute Gasteiger partial charge is 0.352 e. The molecule has 30 heavy (non-hydrogen) atoms. The highest BCUT2D eigenvalue weighted by atomic mass is 32.1. The number of aryl methyl sites for hydroxylation is 2. The smallest absolute Gasteiger partial charge is 0.278 e. The molecule has 5 aromatic rings. The Morgan fingerprint density at radius 2 is 1.83 bits per heavy atom. The van der Waals surface area contributed by atoms with Crippen molar-refractivity contribution in [3.8, 4) is 11.4 Å². The van der Waals surface area contributed by atoms with Crippen molar-refractivity contribution in [2.45, 2.75) is 25.8 Å². The zero-order valence-electron chi connectivity index (χ0n) is 16.0. The Labute approximate surface area is 175 Å². The van der Waals surface area contributed by atoms with Crippen LogP contribution in [0.4, 0.5) is 4.39 Å². The standard InChI is InChI=1S/C23H17FN4OS/c24-16-11-9-14(10-12-16)13-27-22-19(17-7-4-8-18(17)30-22)21-25-20(26-28(21)23(27)29)15-5-2-1-3-6-15/h1-3,5-6,9-12H,4,7-8,13H2. The summed E-state index contributed by atoms with van der Waals surface area (Å²) in [6.45, 7) is 0.367. The summed E-state index contributed by atoms with van der Waals surface area (Å²) in [7, 11) is 0. The van der Waals surface area contributed by atoms with E-state index in [1.807, 2.05) is 30.3 Å². The van der Waals surface area contributed by atoms with Gasteiger partial charge in [0.2, 0.25) is 0 Å². The maximum Gasteiger partial charge on any atom is 0.352 e. The fourth-order valence-corrected chi connectivity index (χ4v) is 5.62. The zero-order valence-corrected chi connectivity index (χ0v) is 16.8. The van der Waals surface area contributed by atoms with Crippen LogP contribution in [-0.4, -0.2) is 19.2 Å². The molecule has 0 radical (unpaired) electrons. The molecule has 5 nitrogen and oxygen atoms in total. The molecular formula is C23H17FN4OS. The van der Waals surface area contributed by atoms with Crippen molar-refractivity contribution in [1.82, 2.24) is 19.2 Å². The fraction of sp³-hybridized carbons (Fsp3) is 0.174. The monoisotopic (exact) mass is 416 g/mol. The second-order valence-corrected chi connectivity index (χ2v) is 8.65. The predicted molar refractivity (Wildman–Crippen MR) is 116 cm³/mol. The Bertz CT molecular complexity index is 1470. The molecule has 148 valence electrons. The Morgan fingerprint density at radius 3 is 2.63 bits per heavy atom. The van der Waals surface area contributed by atoms with Gasteiger partial charge in [0.05, 0.1) is 11.9 Å². The van der Waals surface area contributed by atoms with Gasteiger partial charge in [0.25, 0.3) is 0 Å². The first-order chi connectivity index (χ1) is 14.7. The normalized spacial score (nSPS) is 13.4. The number of fused-ring (bicyclic) bond motifs is 5. The Morgan fingerprint density at radius 1 is 1.03 bits per heavy atom. The topological polar surface area (TPSA) is 52.2 Å². The van der Waals surface area contributed by atoms with Crippen LogP contribution >= 0.6 is 11.3 Å². The number of rotatable bonds is 3. The summed E-state index contributed by atoms with van der Waals surface area (Å²) in [4.78, 5) is 20.5. The lowest BCUT2D eigenvalue weighted by Gasteiger charge is -2.09. The minimum atomic E-state index is -0.287. The zero-order chi connectivity index (χ0) is 20.2. The molecule has 0 fully saturated rings. The van der Waals surface area contributed by atoms with E-state index in [1.165, 1.54) is 27.1 Å². The van der Waals surface area contributed by atoms with Crippen LogP contribution < -0.4 is 5.69 Å². The summed E-state index contributed by atoms with van der Waals surface area (Å²) in [5, 5.41) is 5.60. The number of benzene rings is 2. The van der Waals surface area contributed by atoms with Crippen molar-refractivity contribution >= 4 is 27.2 Å². The maximum absolute atomic E-state index is 13.4. The highest BCUT2D eigenvalue weighted by Gasteiger charge is 2.25. The van der Waals surface area contributed by atoms with Gasteiger partial charge in [-0.2, -0.15) is 4.52 Å². The summed E-state index contributed by atoms with van der Waals surface area (Å²) in [6.07, 6.45) is 3.15. The average Bonchev–Trinajstić information content (AvgIpc) is 3.47. The molecule has 3 heterocycles.